The Labute approximate surface area is 109 Å². The van der Waals surface area contributed by atoms with E-state index in [2.05, 4.69) is 42.2 Å². The Morgan fingerprint density at radius 2 is 2.12 bits per heavy atom. The highest BCUT2D eigenvalue weighted by atomic mass is 79.9. The van der Waals surface area contributed by atoms with Crippen molar-refractivity contribution < 1.29 is 4.79 Å². The second-order valence-corrected chi connectivity index (χ2v) is 4.86. The molecule has 1 aromatic carbocycles. The van der Waals surface area contributed by atoms with Crippen molar-refractivity contribution in [2.75, 3.05) is 0 Å². The average molecular weight is 345 g/mol. The van der Waals surface area contributed by atoms with Gasteiger partial charge in [0, 0.05) is 17.1 Å². The number of aryl methyl sites for hydroxylation is 1. The fraction of sp³-hybridized carbons (Fsp3) is 0.100. The molecule has 6 heteroatoms. The van der Waals surface area contributed by atoms with Gasteiger partial charge in [0.05, 0.1) is 0 Å². The summed E-state index contributed by atoms with van der Waals surface area (Å²) in [6, 6.07) is 7.21. The molecule has 0 aliphatic heterocycles. The van der Waals surface area contributed by atoms with Crippen LogP contribution in [0.15, 0.2) is 33.3 Å². The molecule has 0 saturated carbocycles. The molecule has 1 heterocycles. The van der Waals surface area contributed by atoms with E-state index in [0.717, 1.165) is 4.47 Å². The zero-order chi connectivity index (χ0) is 11.7. The van der Waals surface area contributed by atoms with Crippen molar-refractivity contribution in [3.05, 3.63) is 44.6 Å². The normalized spacial score (nSPS) is 10.4. The van der Waals surface area contributed by atoms with E-state index >= 15 is 0 Å². The molecular formula is C10H7Br2N3O. The molecule has 1 aromatic heterocycles. The maximum atomic E-state index is 12.1. The molecule has 0 spiro atoms. The van der Waals surface area contributed by atoms with Crippen LogP contribution in [0.4, 0.5) is 0 Å². The summed E-state index contributed by atoms with van der Waals surface area (Å²) in [7, 11) is 1.68. The smallest absolute Gasteiger partial charge is 0.213 e. The topological polar surface area (TPSA) is 47.8 Å². The van der Waals surface area contributed by atoms with E-state index in [1.54, 1.807) is 19.2 Å². The Bertz CT molecular complexity index is 531. The van der Waals surface area contributed by atoms with E-state index < -0.39 is 0 Å². The number of benzene rings is 1. The lowest BCUT2D eigenvalue weighted by atomic mass is 10.1. The number of hydrogen-bond acceptors (Lipinski definition) is 3. The van der Waals surface area contributed by atoms with Crippen LogP contribution in [0, 0.1) is 0 Å². The summed E-state index contributed by atoms with van der Waals surface area (Å²) in [4.78, 5) is 12.1. The van der Waals surface area contributed by atoms with Crippen molar-refractivity contribution in [2.24, 2.45) is 7.05 Å². The molecule has 0 fully saturated rings. The number of nitrogens with zero attached hydrogens (tertiary/aromatic N) is 3. The average Bonchev–Trinajstić information content (AvgIpc) is 2.58. The number of aromatic nitrogens is 3. The molecule has 0 bridgehead atoms. The molecule has 2 rings (SSSR count). The van der Waals surface area contributed by atoms with Crippen LogP contribution in [0.1, 0.15) is 16.1 Å². The molecule has 0 saturated heterocycles. The van der Waals surface area contributed by atoms with E-state index in [1.165, 1.54) is 4.68 Å². The van der Waals surface area contributed by atoms with Crippen LogP contribution in [0.3, 0.4) is 0 Å². The molecule has 0 aliphatic carbocycles. The minimum Gasteiger partial charge on any atom is -0.287 e. The van der Waals surface area contributed by atoms with Gasteiger partial charge in [-0.2, -0.15) is 0 Å². The Balaban J connectivity index is 2.47. The molecule has 0 amide bonds. The number of ketones is 1. The predicted molar refractivity (Wildman–Crippen MR) is 66.3 cm³/mol. The van der Waals surface area contributed by atoms with Gasteiger partial charge in [0.25, 0.3) is 0 Å². The first kappa shape index (κ1) is 11.5. The third-order valence-corrected chi connectivity index (χ3v) is 3.11. The van der Waals surface area contributed by atoms with Gasteiger partial charge in [-0.25, -0.2) is 4.68 Å². The maximum absolute atomic E-state index is 12.1. The first-order valence-electron chi connectivity index (χ1n) is 4.45. The van der Waals surface area contributed by atoms with E-state index in [0.29, 0.717) is 15.9 Å². The first-order valence-corrected chi connectivity index (χ1v) is 6.03. The number of halogens is 2. The van der Waals surface area contributed by atoms with Gasteiger partial charge in [0.1, 0.15) is 5.69 Å². The van der Waals surface area contributed by atoms with Crippen LogP contribution in [0.5, 0.6) is 0 Å². The molecular weight excluding hydrogens is 338 g/mol. The lowest BCUT2D eigenvalue weighted by Gasteiger charge is -2.01. The van der Waals surface area contributed by atoms with Crippen LogP contribution in [0.25, 0.3) is 0 Å². The summed E-state index contributed by atoms with van der Waals surface area (Å²) in [5.74, 6) is -0.110. The SMILES string of the molecule is Cn1nnc(Br)c1C(=O)c1cccc(Br)c1. The lowest BCUT2D eigenvalue weighted by Crippen LogP contribution is -2.08. The quantitative estimate of drug-likeness (QED) is 0.787. The zero-order valence-corrected chi connectivity index (χ0v) is 11.5. The van der Waals surface area contributed by atoms with E-state index in [4.69, 9.17) is 0 Å². The van der Waals surface area contributed by atoms with Gasteiger partial charge in [-0.3, -0.25) is 4.79 Å². The monoisotopic (exact) mass is 343 g/mol. The highest BCUT2D eigenvalue weighted by Gasteiger charge is 2.18. The first-order chi connectivity index (χ1) is 7.59. The molecule has 82 valence electrons. The predicted octanol–water partition coefficient (Wildman–Crippen LogP) is 2.57. The third-order valence-electron chi connectivity index (χ3n) is 2.09. The van der Waals surface area contributed by atoms with Crippen LogP contribution in [-0.2, 0) is 7.05 Å². The molecule has 0 N–H and O–H groups in total. The number of rotatable bonds is 2. The number of carbonyl (C=O) groups excluding carboxylic acids is 1. The Kier molecular flexibility index (Phi) is 3.20. The van der Waals surface area contributed by atoms with Crippen LogP contribution < -0.4 is 0 Å². The zero-order valence-electron chi connectivity index (χ0n) is 8.32. The van der Waals surface area contributed by atoms with Crippen LogP contribution in [0.2, 0.25) is 0 Å². The molecule has 4 nitrogen and oxygen atoms in total. The van der Waals surface area contributed by atoms with Gasteiger partial charge in [-0.05, 0) is 28.1 Å². The van der Waals surface area contributed by atoms with Crippen LogP contribution in [-0.4, -0.2) is 20.8 Å². The molecule has 0 radical (unpaired) electrons. The Hall–Kier alpha value is -1.01. The number of carbonyl (C=O) groups is 1. The third kappa shape index (κ3) is 2.08. The standard InChI is InChI=1S/C10H7Br2N3O/c1-15-8(10(12)13-14-15)9(16)6-3-2-4-7(11)5-6/h2-5H,1H3. The second-order valence-electron chi connectivity index (χ2n) is 3.19. The second kappa shape index (κ2) is 4.47. The van der Waals surface area contributed by atoms with Crippen molar-refractivity contribution in [3.63, 3.8) is 0 Å². The van der Waals surface area contributed by atoms with Gasteiger partial charge >= 0.3 is 0 Å². The summed E-state index contributed by atoms with van der Waals surface area (Å²) in [5.41, 5.74) is 1.04. The van der Waals surface area contributed by atoms with Crippen molar-refractivity contribution in [1.29, 1.82) is 0 Å². The van der Waals surface area contributed by atoms with Gasteiger partial charge in [0.15, 0.2) is 4.60 Å². The summed E-state index contributed by atoms with van der Waals surface area (Å²) in [6.07, 6.45) is 0. The largest absolute Gasteiger partial charge is 0.287 e. The van der Waals surface area contributed by atoms with E-state index in [-0.39, 0.29) is 5.78 Å². The molecule has 16 heavy (non-hydrogen) atoms. The highest BCUT2D eigenvalue weighted by molar-refractivity contribution is 9.10. The Morgan fingerprint density at radius 1 is 1.38 bits per heavy atom. The summed E-state index contributed by atoms with van der Waals surface area (Å²) in [6.45, 7) is 0. The van der Waals surface area contributed by atoms with Gasteiger partial charge < -0.3 is 0 Å². The maximum Gasteiger partial charge on any atom is 0.213 e. The Morgan fingerprint density at radius 3 is 2.69 bits per heavy atom. The highest BCUT2D eigenvalue weighted by Crippen LogP contribution is 2.19. The molecule has 0 aliphatic rings. The molecule has 2 aromatic rings. The molecule has 0 atom stereocenters. The minimum atomic E-state index is -0.110. The fourth-order valence-electron chi connectivity index (χ4n) is 1.34. The minimum absolute atomic E-state index is 0.110. The van der Waals surface area contributed by atoms with Gasteiger partial charge in [0.2, 0.25) is 5.78 Å². The summed E-state index contributed by atoms with van der Waals surface area (Å²) >= 11 is 6.54. The lowest BCUT2D eigenvalue weighted by molar-refractivity contribution is 0.102. The van der Waals surface area contributed by atoms with Crippen molar-refractivity contribution in [1.82, 2.24) is 15.0 Å². The van der Waals surface area contributed by atoms with E-state index in [9.17, 15) is 4.79 Å². The van der Waals surface area contributed by atoms with Gasteiger partial charge in [-0.1, -0.05) is 33.3 Å². The van der Waals surface area contributed by atoms with E-state index in [1.807, 2.05) is 12.1 Å². The fourth-order valence-corrected chi connectivity index (χ4v) is 2.25. The summed E-state index contributed by atoms with van der Waals surface area (Å²) < 4.78 is 2.78. The summed E-state index contributed by atoms with van der Waals surface area (Å²) in [5, 5.41) is 7.55. The van der Waals surface area contributed by atoms with Crippen molar-refractivity contribution >= 4 is 37.6 Å². The van der Waals surface area contributed by atoms with Crippen molar-refractivity contribution in [3.8, 4) is 0 Å². The van der Waals surface area contributed by atoms with Crippen molar-refractivity contribution in [2.45, 2.75) is 0 Å². The van der Waals surface area contributed by atoms with Crippen LogP contribution >= 0.6 is 31.9 Å². The van der Waals surface area contributed by atoms with Gasteiger partial charge in [-0.15, -0.1) is 5.10 Å². The number of hydrogen-bond donors (Lipinski definition) is 0. The molecule has 0 unspecified atom stereocenters.